The van der Waals surface area contributed by atoms with Crippen molar-refractivity contribution in [2.24, 2.45) is 0 Å². The van der Waals surface area contributed by atoms with Gasteiger partial charge >= 0.3 is 0 Å². The molecule has 4 nitrogen and oxygen atoms in total. The number of hydrogen-bond acceptors (Lipinski definition) is 3. The molecule has 4 aromatic rings. The number of aromatic nitrogens is 2. The summed E-state index contributed by atoms with van der Waals surface area (Å²) in [5, 5.41) is 3.40. The summed E-state index contributed by atoms with van der Waals surface area (Å²) < 4.78 is 2.14. The van der Waals surface area contributed by atoms with E-state index in [1.807, 2.05) is 6.07 Å². The Hall–Kier alpha value is -3.11. The van der Waals surface area contributed by atoms with Crippen molar-refractivity contribution in [2.75, 3.05) is 31.1 Å². The van der Waals surface area contributed by atoms with E-state index in [-0.39, 0.29) is 0 Å². The van der Waals surface area contributed by atoms with E-state index in [4.69, 9.17) is 4.98 Å². The van der Waals surface area contributed by atoms with Gasteiger partial charge in [-0.1, -0.05) is 54.6 Å². The molecule has 0 saturated carbocycles. The molecule has 4 heteroatoms. The maximum Gasteiger partial charge on any atom is 0.137 e. The highest BCUT2D eigenvalue weighted by Gasteiger charge is 2.12. The fourth-order valence-electron chi connectivity index (χ4n) is 3.69. The van der Waals surface area contributed by atoms with Gasteiger partial charge in [0.2, 0.25) is 0 Å². The van der Waals surface area contributed by atoms with Gasteiger partial charge in [-0.2, -0.15) is 0 Å². The molecule has 0 atom stereocenters. The Labute approximate surface area is 159 Å². The first-order chi connectivity index (χ1) is 13.4. The zero-order valence-electron chi connectivity index (χ0n) is 15.2. The normalized spacial score (nSPS) is 14.6. The molecule has 0 spiro atoms. The fraction of sp³-hybridized carbons (Fsp3) is 0.174. The van der Waals surface area contributed by atoms with Crippen LogP contribution in [-0.2, 0) is 0 Å². The van der Waals surface area contributed by atoms with E-state index in [9.17, 15) is 0 Å². The number of rotatable bonds is 3. The summed E-state index contributed by atoms with van der Waals surface area (Å²) in [6.45, 7) is 4.18. The van der Waals surface area contributed by atoms with Crippen LogP contribution in [0.15, 0.2) is 79.1 Å². The molecule has 1 fully saturated rings. The molecule has 1 aliphatic heterocycles. The molecular weight excluding hydrogens is 332 g/mol. The molecule has 27 heavy (non-hydrogen) atoms. The number of anilines is 1. The third kappa shape index (κ3) is 3.20. The van der Waals surface area contributed by atoms with Crippen LogP contribution in [0.5, 0.6) is 0 Å². The Kier molecular flexibility index (Phi) is 4.11. The second-order valence-electron chi connectivity index (χ2n) is 6.96. The third-order valence-electron chi connectivity index (χ3n) is 5.21. The van der Waals surface area contributed by atoms with E-state index in [2.05, 4.69) is 87.7 Å². The first kappa shape index (κ1) is 16.1. The molecule has 0 aliphatic carbocycles. The average molecular weight is 354 g/mol. The highest BCUT2D eigenvalue weighted by Crippen LogP contribution is 2.25. The van der Waals surface area contributed by atoms with Crippen LogP contribution in [0.2, 0.25) is 0 Å². The lowest BCUT2D eigenvalue weighted by atomic mass is 10.0. The summed E-state index contributed by atoms with van der Waals surface area (Å²) in [5.74, 6) is 0. The van der Waals surface area contributed by atoms with Gasteiger partial charge in [0.15, 0.2) is 0 Å². The molecule has 0 unspecified atom stereocenters. The van der Waals surface area contributed by atoms with Crippen LogP contribution in [0.25, 0.3) is 28.0 Å². The molecule has 0 bridgehead atoms. The van der Waals surface area contributed by atoms with E-state index in [0.29, 0.717) is 0 Å². The summed E-state index contributed by atoms with van der Waals surface area (Å²) in [7, 11) is 0. The maximum atomic E-state index is 4.80. The summed E-state index contributed by atoms with van der Waals surface area (Å²) in [6.07, 6.45) is 4.31. The first-order valence-corrected chi connectivity index (χ1v) is 9.47. The van der Waals surface area contributed by atoms with Crippen molar-refractivity contribution in [3.05, 3.63) is 79.1 Å². The molecule has 134 valence electrons. The van der Waals surface area contributed by atoms with Crippen molar-refractivity contribution in [1.29, 1.82) is 0 Å². The SMILES string of the molecule is c1ccc(-c2ccc(-c3cn4cc(N5CCNCC5)ccc4n3)cc2)cc1. The highest BCUT2D eigenvalue weighted by molar-refractivity contribution is 5.70. The number of nitrogens with one attached hydrogen (secondary N) is 1. The van der Waals surface area contributed by atoms with Gasteiger partial charge in [-0.05, 0) is 23.3 Å². The Balaban J connectivity index is 1.44. The van der Waals surface area contributed by atoms with Gasteiger partial charge in [-0.3, -0.25) is 0 Å². The van der Waals surface area contributed by atoms with Crippen LogP contribution in [0, 0.1) is 0 Å². The Morgan fingerprint density at radius 2 is 1.41 bits per heavy atom. The van der Waals surface area contributed by atoms with Crippen LogP contribution in [0.1, 0.15) is 0 Å². The Morgan fingerprint density at radius 3 is 2.19 bits per heavy atom. The van der Waals surface area contributed by atoms with E-state index in [1.165, 1.54) is 16.8 Å². The lowest BCUT2D eigenvalue weighted by Crippen LogP contribution is -2.43. The van der Waals surface area contributed by atoms with Gasteiger partial charge in [-0.15, -0.1) is 0 Å². The van der Waals surface area contributed by atoms with E-state index in [0.717, 1.165) is 43.1 Å². The molecule has 0 amide bonds. The van der Waals surface area contributed by atoms with Gasteiger partial charge < -0.3 is 14.6 Å². The number of fused-ring (bicyclic) bond motifs is 1. The van der Waals surface area contributed by atoms with Crippen LogP contribution in [0.3, 0.4) is 0 Å². The largest absolute Gasteiger partial charge is 0.368 e. The molecule has 2 aromatic carbocycles. The van der Waals surface area contributed by atoms with E-state index in [1.54, 1.807) is 0 Å². The third-order valence-corrected chi connectivity index (χ3v) is 5.21. The highest BCUT2D eigenvalue weighted by atomic mass is 15.2. The fourth-order valence-corrected chi connectivity index (χ4v) is 3.69. The molecule has 3 heterocycles. The van der Waals surface area contributed by atoms with Gasteiger partial charge in [0.05, 0.1) is 11.4 Å². The number of nitrogens with zero attached hydrogens (tertiary/aromatic N) is 3. The zero-order valence-corrected chi connectivity index (χ0v) is 15.2. The van der Waals surface area contributed by atoms with Gasteiger partial charge in [-0.25, -0.2) is 4.98 Å². The molecule has 5 rings (SSSR count). The van der Waals surface area contributed by atoms with Crippen molar-refractivity contribution in [1.82, 2.24) is 14.7 Å². The van der Waals surface area contributed by atoms with Crippen molar-refractivity contribution >= 4 is 11.3 Å². The van der Waals surface area contributed by atoms with Crippen LogP contribution >= 0.6 is 0 Å². The maximum absolute atomic E-state index is 4.80. The topological polar surface area (TPSA) is 32.6 Å². The minimum absolute atomic E-state index is 0.982. The van der Waals surface area contributed by atoms with E-state index < -0.39 is 0 Å². The zero-order chi connectivity index (χ0) is 18.1. The predicted molar refractivity (Wildman–Crippen MR) is 111 cm³/mol. The molecule has 2 aromatic heterocycles. The van der Waals surface area contributed by atoms with Crippen LogP contribution < -0.4 is 10.2 Å². The van der Waals surface area contributed by atoms with Crippen LogP contribution in [0.4, 0.5) is 5.69 Å². The van der Waals surface area contributed by atoms with Crippen LogP contribution in [-0.4, -0.2) is 35.6 Å². The lowest BCUT2D eigenvalue weighted by Gasteiger charge is -2.29. The molecule has 0 radical (unpaired) electrons. The molecular formula is C23H22N4. The lowest BCUT2D eigenvalue weighted by molar-refractivity contribution is 0.588. The Bertz CT molecular complexity index is 1040. The standard InChI is InChI=1S/C23H22N4/c1-2-4-18(5-3-1)19-6-8-20(9-7-19)22-17-27-16-21(10-11-23(27)25-22)26-14-12-24-13-15-26/h1-11,16-17,24H,12-15H2. The van der Waals surface area contributed by atoms with Crippen molar-refractivity contribution in [3.8, 4) is 22.4 Å². The number of benzene rings is 2. The first-order valence-electron chi connectivity index (χ1n) is 9.47. The quantitative estimate of drug-likeness (QED) is 0.602. The average Bonchev–Trinajstić information content (AvgIpc) is 3.18. The molecule has 1 aliphatic rings. The van der Waals surface area contributed by atoms with Crippen molar-refractivity contribution in [3.63, 3.8) is 0 Å². The number of piperazine rings is 1. The van der Waals surface area contributed by atoms with Gasteiger partial charge in [0.1, 0.15) is 5.65 Å². The smallest absolute Gasteiger partial charge is 0.137 e. The number of pyridine rings is 1. The summed E-state index contributed by atoms with van der Waals surface area (Å²) >= 11 is 0. The summed E-state index contributed by atoms with van der Waals surface area (Å²) in [4.78, 5) is 7.22. The monoisotopic (exact) mass is 354 g/mol. The summed E-state index contributed by atoms with van der Waals surface area (Å²) in [6, 6.07) is 23.4. The minimum Gasteiger partial charge on any atom is -0.368 e. The molecule has 1 saturated heterocycles. The number of imidazole rings is 1. The Morgan fingerprint density at radius 1 is 0.704 bits per heavy atom. The van der Waals surface area contributed by atoms with Crippen molar-refractivity contribution in [2.45, 2.75) is 0 Å². The summed E-state index contributed by atoms with van der Waals surface area (Å²) in [5.41, 5.74) is 6.85. The number of hydrogen-bond donors (Lipinski definition) is 1. The van der Waals surface area contributed by atoms with Gasteiger partial charge in [0.25, 0.3) is 0 Å². The minimum atomic E-state index is 0.982. The van der Waals surface area contributed by atoms with E-state index >= 15 is 0 Å². The predicted octanol–water partition coefficient (Wildman–Crippen LogP) is 4.08. The molecule has 1 N–H and O–H groups in total. The second kappa shape index (κ2) is 6.89. The second-order valence-corrected chi connectivity index (χ2v) is 6.96. The van der Waals surface area contributed by atoms with Crippen molar-refractivity contribution < 1.29 is 0 Å². The van der Waals surface area contributed by atoms with Gasteiger partial charge in [0, 0.05) is 44.1 Å².